The van der Waals surface area contributed by atoms with E-state index in [-0.39, 0.29) is 11.9 Å². The van der Waals surface area contributed by atoms with Crippen LogP contribution in [-0.2, 0) is 9.53 Å². The van der Waals surface area contributed by atoms with Crippen molar-refractivity contribution < 1.29 is 31.5 Å². The molecule has 1 aliphatic heterocycles. The number of nitrogens with zero attached hydrogens (tertiary/aromatic N) is 1. The van der Waals surface area contributed by atoms with Gasteiger partial charge in [0.15, 0.2) is 0 Å². The Bertz CT molecular complexity index is 568. The molecule has 1 saturated heterocycles. The molecule has 4 nitrogen and oxygen atoms in total. The Labute approximate surface area is 141 Å². The maximum atomic E-state index is 12.9. The number of amides is 1. The highest BCUT2D eigenvalue weighted by molar-refractivity contribution is 5.77. The Hall–Kier alpha value is -1.90. The predicted molar refractivity (Wildman–Crippen MR) is 81.4 cm³/mol. The van der Waals surface area contributed by atoms with Crippen LogP contribution < -0.4 is 5.32 Å². The molecule has 1 heterocycles. The Balaban J connectivity index is 1.79. The summed E-state index contributed by atoms with van der Waals surface area (Å²) in [5.74, 6) is -5.16. The van der Waals surface area contributed by atoms with E-state index in [1.165, 1.54) is 17.0 Å². The van der Waals surface area contributed by atoms with Crippen molar-refractivity contribution in [2.75, 3.05) is 31.6 Å². The zero-order chi connectivity index (χ0) is 18.4. The van der Waals surface area contributed by atoms with Crippen LogP contribution in [-0.4, -0.2) is 55.5 Å². The second-order valence-corrected chi connectivity index (χ2v) is 5.88. The molecule has 1 atom stereocenters. The van der Waals surface area contributed by atoms with Crippen LogP contribution in [0.5, 0.6) is 0 Å². The van der Waals surface area contributed by atoms with Gasteiger partial charge in [-0.25, -0.2) is 13.2 Å². The number of piperidine rings is 1. The number of anilines is 1. The van der Waals surface area contributed by atoms with Gasteiger partial charge in [0.25, 0.3) is 0 Å². The van der Waals surface area contributed by atoms with Gasteiger partial charge in [-0.2, -0.15) is 8.78 Å². The lowest BCUT2D eigenvalue weighted by Gasteiger charge is -2.33. The normalized spacial score (nSPS) is 18.5. The van der Waals surface area contributed by atoms with Gasteiger partial charge in [-0.3, -0.25) is 4.79 Å². The number of ether oxygens (including phenoxy) is 1. The van der Waals surface area contributed by atoms with E-state index in [0.29, 0.717) is 25.2 Å². The highest BCUT2D eigenvalue weighted by Crippen LogP contribution is 2.23. The molecule has 9 heteroatoms. The molecule has 1 aromatic rings. The number of rotatable bonds is 7. The van der Waals surface area contributed by atoms with Gasteiger partial charge in [-0.05, 0) is 37.1 Å². The van der Waals surface area contributed by atoms with Crippen LogP contribution in [0.4, 0.5) is 27.6 Å². The maximum Gasteiger partial charge on any atom is 0.330 e. The minimum absolute atomic E-state index is 0.0781. The van der Waals surface area contributed by atoms with Gasteiger partial charge < -0.3 is 15.0 Å². The van der Waals surface area contributed by atoms with Gasteiger partial charge in [0, 0.05) is 24.8 Å². The van der Waals surface area contributed by atoms with Gasteiger partial charge >= 0.3 is 12.3 Å². The summed E-state index contributed by atoms with van der Waals surface area (Å²) >= 11 is 0. The molecule has 140 valence electrons. The van der Waals surface area contributed by atoms with Crippen molar-refractivity contribution in [3.8, 4) is 0 Å². The molecule has 1 aromatic carbocycles. The quantitative estimate of drug-likeness (QED) is 0.754. The Kier molecular flexibility index (Phi) is 6.57. The summed E-state index contributed by atoms with van der Waals surface area (Å²) in [5.41, 5.74) is 0.702. The third-order valence-corrected chi connectivity index (χ3v) is 3.83. The highest BCUT2D eigenvalue weighted by atomic mass is 19.3. The lowest BCUT2D eigenvalue weighted by molar-refractivity contribution is -0.171. The fourth-order valence-corrected chi connectivity index (χ4v) is 2.53. The molecule has 0 aromatic heterocycles. The standard InChI is InChI=1S/C16H19F5N2O2/c17-11-3-5-12(6-4-11)22-13-2-1-7-23(8-13)14(24)9-25-10-16(20,21)15(18)19/h3-6,13,15,22H,1-2,7-10H2/t13-/m1/s1. The topological polar surface area (TPSA) is 41.6 Å². The first-order valence-electron chi connectivity index (χ1n) is 7.81. The van der Waals surface area contributed by atoms with Gasteiger partial charge in [0.1, 0.15) is 19.0 Å². The number of likely N-dealkylation sites (tertiary alicyclic amines) is 1. The molecule has 2 rings (SSSR count). The Morgan fingerprint density at radius 3 is 2.64 bits per heavy atom. The molecule has 0 bridgehead atoms. The zero-order valence-corrected chi connectivity index (χ0v) is 13.4. The minimum atomic E-state index is -4.27. The monoisotopic (exact) mass is 366 g/mol. The number of nitrogens with one attached hydrogen (secondary N) is 1. The molecule has 0 aliphatic carbocycles. The lowest BCUT2D eigenvalue weighted by Crippen LogP contribution is -2.46. The van der Waals surface area contributed by atoms with E-state index in [4.69, 9.17) is 0 Å². The maximum absolute atomic E-state index is 12.9. The van der Waals surface area contributed by atoms with Gasteiger partial charge in [-0.15, -0.1) is 0 Å². The van der Waals surface area contributed by atoms with Gasteiger partial charge in [-0.1, -0.05) is 0 Å². The molecule has 0 spiro atoms. The van der Waals surface area contributed by atoms with Gasteiger partial charge in [0.05, 0.1) is 0 Å². The van der Waals surface area contributed by atoms with Crippen molar-refractivity contribution in [1.82, 2.24) is 4.90 Å². The summed E-state index contributed by atoms with van der Waals surface area (Å²) < 4.78 is 66.9. The molecular weight excluding hydrogens is 347 g/mol. The number of benzene rings is 1. The first-order chi connectivity index (χ1) is 11.8. The summed E-state index contributed by atoms with van der Waals surface area (Å²) in [6.07, 6.45) is -2.36. The van der Waals surface area contributed by atoms with Crippen molar-refractivity contribution in [2.24, 2.45) is 0 Å². The summed E-state index contributed by atoms with van der Waals surface area (Å²) in [6, 6.07) is 5.69. The molecule has 0 unspecified atom stereocenters. The number of carbonyl (C=O) groups excluding carboxylic acids is 1. The number of alkyl halides is 4. The largest absolute Gasteiger partial charge is 0.381 e. The van der Waals surface area contributed by atoms with Crippen LogP contribution in [0.3, 0.4) is 0 Å². The smallest absolute Gasteiger partial charge is 0.330 e. The molecule has 0 radical (unpaired) electrons. The van der Waals surface area contributed by atoms with E-state index >= 15 is 0 Å². The van der Waals surface area contributed by atoms with E-state index in [1.807, 2.05) is 0 Å². The molecule has 1 N–H and O–H groups in total. The molecule has 1 amide bonds. The van der Waals surface area contributed by atoms with Crippen LogP contribution >= 0.6 is 0 Å². The van der Waals surface area contributed by atoms with Crippen molar-refractivity contribution >= 4 is 11.6 Å². The van der Waals surface area contributed by atoms with Crippen LogP contribution in [0.25, 0.3) is 0 Å². The Morgan fingerprint density at radius 1 is 1.32 bits per heavy atom. The average Bonchev–Trinajstić information content (AvgIpc) is 2.57. The molecule has 1 aliphatic rings. The molecule has 25 heavy (non-hydrogen) atoms. The third-order valence-electron chi connectivity index (χ3n) is 3.83. The van der Waals surface area contributed by atoms with E-state index < -0.39 is 31.5 Å². The minimum Gasteiger partial charge on any atom is -0.381 e. The highest BCUT2D eigenvalue weighted by Gasteiger charge is 2.41. The summed E-state index contributed by atoms with van der Waals surface area (Å²) in [5, 5.41) is 3.17. The van der Waals surface area contributed by atoms with Crippen LogP contribution in [0.1, 0.15) is 12.8 Å². The van der Waals surface area contributed by atoms with E-state index in [9.17, 15) is 26.7 Å². The fraction of sp³-hybridized carbons (Fsp3) is 0.562. The van der Waals surface area contributed by atoms with Crippen molar-refractivity contribution in [2.45, 2.75) is 31.2 Å². The molecular formula is C16H19F5N2O2. The van der Waals surface area contributed by atoms with Crippen molar-refractivity contribution in [1.29, 1.82) is 0 Å². The first-order valence-corrected chi connectivity index (χ1v) is 7.81. The second-order valence-electron chi connectivity index (χ2n) is 5.88. The van der Waals surface area contributed by atoms with Crippen LogP contribution in [0.15, 0.2) is 24.3 Å². The fourth-order valence-electron chi connectivity index (χ4n) is 2.53. The zero-order valence-electron chi connectivity index (χ0n) is 13.4. The third kappa shape index (κ3) is 5.84. The van der Waals surface area contributed by atoms with Crippen LogP contribution in [0.2, 0.25) is 0 Å². The molecule has 1 fully saturated rings. The lowest BCUT2D eigenvalue weighted by atomic mass is 10.1. The summed E-state index contributed by atoms with van der Waals surface area (Å²) in [6.45, 7) is -1.41. The Morgan fingerprint density at radius 2 is 2.00 bits per heavy atom. The first kappa shape index (κ1) is 19.4. The van der Waals surface area contributed by atoms with E-state index in [1.54, 1.807) is 12.1 Å². The SMILES string of the molecule is O=C(COCC(F)(F)C(F)F)N1CCC[C@@H](Nc2ccc(F)cc2)C1. The number of hydrogen-bond acceptors (Lipinski definition) is 3. The number of halogens is 5. The average molecular weight is 366 g/mol. The van der Waals surface area contributed by atoms with E-state index in [2.05, 4.69) is 10.1 Å². The number of carbonyl (C=O) groups is 1. The van der Waals surface area contributed by atoms with E-state index in [0.717, 1.165) is 6.42 Å². The molecule has 0 saturated carbocycles. The van der Waals surface area contributed by atoms with Gasteiger partial charge in [0.2, 0.25) is 5.91 Å². The van der Waals surface area contributed by atoms with Crippen LogP contribution in [0, 0.1) is 5.82 Å². The van der Waals surface area contributed by atoms with Crippen molar-refractivity contribution in [3.05, 3.63) is 30.1 Å². The number of hydrogen-bond donors (Lipinski definition) is 1. The van der Waals surface area contributed by atoms with Crippen molar-refractivity contribution in [3.63, 3.8) is 0 Å². The summed E-state index contributed by atoms with van der Waals surface area (Å²) in [4.78, 5) is 13.4. The second kappa shape index (κ2) is 8.46. The summed E-state index contributed by atoms with van der Waals surface area (Å²) in [7, 11) is 0. The predicted octanol–water partition coefficient (Wildman–Crippen LogP) is 3.15.